The summed E-state index contributed by atoms with van der Waals surface area (Å²) in [5, 5.41) is 6.06. The third-order valence-corrected chi connectivity index (χ3v) is 6.65. The van der Waals surface area contributed by atoms with Gasteiger partial charge in [0.25, 0.3) is 0 Å². The van der Waals surface area contributed by atoms with Gasteiger partial charge in [-0.25, -0.2) is 0 Å². The average Bonchev–Trinajstić information content (AvgIpc) is 2.89. The van der Waals surface area contributed by atoms with E-state index in [2.05, 4.69) is 24.5 Å². The highest BCUT2D eigenvalue weighted by Gasteiger charge is 2.24. The zero-order valence-corrected chi connectivity index (χ0v) is 21.9. The van der Waals surface area contributed by atoms with Gasteiger partial charge in [-0.15, -0.1) is 0 Å². The SMILES string of the molecule is CCCC(C)COc1ccc([C@H](CNC(=O)[C@@H](N)[C@@H](C)CC)NC(=O)[C@@H](C)c2ccccc2)cc1. The Kier molecular flexibility index (Phi) is 11.8. The van der Waals surface area contributed by atoms with Crippen LogP contribution in [0.2, 0.25) is 0 Å². The van der Waals surface area contributed by atoms with Crippen molar-refractivity contribution < 1.29 is 14.3 Å². The van der Waals surface area contributed by atoms with E-state index in [1.807, 2.05) is 75.4 Å². The fraction of sp³-hybridized carbons (Fsp3) is 0.517. The summed E-state index contributed by atoms with van der Waals surface area (Å²) in [5.41, 5.74) is 7.94. The van der Waals surface area contributed by atoms with Crippen molar-refractivity contribution in [2.24, 2.45) is 17.6 Å². The summed E-state index contributed by atoms with van der Waals surface area (Å²) in [7, 11) is 0. The molecule has 5 atom stereocenters. The minimum atomic E-state index is -0.583. The van der Waals surface area contributed by atoms with Gasteiger partial charge in [0.2, 0.25) is 11.8 Å². The second kappa shape index (κ2) is 14.5. The number of carbonyl (C=O) groups excluding carboxylic acids is 2. The number of amides is 2. The molecule has 2 amide bonds. The molecule has 6 nitrogen and oxygen atoms in total. The summed E-state index contributed by atoms with van der Waals surface area (Å²) in [6, 6.07) is 16.4. The van der Waals surface area contributed by atoms with Gasteiger partial charge in [-0.3, -0.25) is 9.59 Å². The van der Waals surface area contributed by atoms with Crippen molar-refractivity contribution in [3.63, 3.8) is 0 Å². The number of nitrogens with one attached hydrogen (secondary N) is 2. The zero-order chi connectivity index (χ0) is 25.8. The Morgan fingerprint density at radius 1 is 0.914 bits per heavy atom. The predicted octanol–water partition coefficient (Wildman–Crippen LogP) is 4.95. The molecule has 0 fully saturated rings. The normalized spacial score (nSPS) is 15.4. The highest BCUT2D eigenvalue weighted by Crippen LogP contribution is 2.21. The lowest BCUT2D eigenvalue weighted by Crippen LogP contribution is -2.47. The van der Waals surface area contributed by atoms with Crippen LogP contribution < -0.4 is 21.1 Å². The maximum Gasteiger partial charge on any atom is 0.237 e. The highest BCUT2D eigenvalue weighted by atomic mass is 16.5. The Bertz CT molecular complexity index is 901. The predicted molar refractivity (Wildman–Crippen MR) is 142 cm³/mol. The third kappa shape index (κ3) is 9.02. The zero-order valence-electron chi connectivity index (χ0n) is 21.9. The van der Waals surface area contributed by atoms with Crippen LogP contribution in [0.3, 0.4) is 0 Å². The molecule has 0 saturated carbocycles. The van der Waals surface area contributed by atoms with E-state index in [0.717, 1.165) is 36.1 Å². The largest absolute Gasteiger partial charge is 0.493 e. The molecule has 0 bridgehead atoms. The quantitative estimate of drug-likeness (QED) is 0.356. The maximum absolute atomic E-state index is 13.1. The summed E-state index contributed by atoms with van der Waals surface area (Å²) < 4.78 is 5.93. The molecule has 1 unspecified atom stereocenters. The number of nitrogens with two attached hydrogens (primary N) is 1. The Morgan fingerprint density at radius 2 is 1.57 bits per heavy atom. The number of ether oxygens (including phenoxy) is 1. The van der Waals surface area contributed by atoms with E-state index in [1.54, 1.807) is 0 Å². The van der Waals surface area contributed by atoms with E-state index in [-0.39, 0.29) is 30.2 Å². The van der Waals surface area contributed by atoms with E-state index < -0.39 is 12.1 Å². The van der Waals surface area contributed by atoms with Crippen LogP contribution in [0.25, 0.3) is 0 Å². The molecule has 2 aromatic rings. The summed E-state index contributed by atoms with van der Waals surface area (Å²) in [6.45, 7) is 11.1. The van der Waals surface area contributed by atoms with Crippen LogP contribution in [0.1, 0.15) is 77.0 Å². The lowest BCUT2D eigenvalue weighted by Gasteiger charge is -2.24. The number of carbonyl (C=O) groups is 2. The van der Waals surface area contributed by atoms with E-state index in [4.69, 9.17) is 10.5 Å². The molecule has 0 spiro atoms. The van der Waals surface area contributed by atoms with Gasteiger partial charge in [-0.1, -0.05) is 83.0 Å². The third-order valence-electron chi connectivity index (χ3n) is 6.65. The molecular weight excluding hydrogens is 438 g/mol. The number of benzene rings is 2. The van der Waals surface area contributed by atoms with E-state index in [9.17, 15) is 9.59 Å². The van der Waals surface area contributed by atoms with Crippen LogP contribution in [-0.4, -0.2) is 31.0 Å². The molecule has 0 aliphatic heterocycles. The van der Waals surface area contributed by atoms with Crippen molar-refractivity contribution in [3.05, 3.63) is 65.7 Å². The number of hydrogen-bond acceptors (Lipinski definition) is 4. The molecule has 2 rings (SSSR count). The molecule has 4 N–H and O–H groups in total. The Balaban J connectivity index is 2.13. The van der Waals surface area contributed by atoms with Crippen LogP contribution in [0.15, 0.2) is 54.6 Å². The van der Waals surface area contributed by atoms with Crippen molar-refractivity contribution in [1.29, 1.82) is 0 Å². The van der Waals surface area contributed by atoms with Crippen LogP contribution >= 0.6 is 0 Å². The molecule has 6 heteroatoms. The summed E-state index contributed by atoms with van der Waals surface area (Å²) in [5.74, 6) is 0.737. The topological polar surface area (TPSA) is 93.4 Å². The molecule has 0 heterocycles. The molecule has 0 radical (unpaired) electrons. The standard InChI is InChI=1S/C29H43N3O3/c1-6-11-20(3)19-35-25-16-14-24(15-17-25)26(18-31-29(34)27(30)21(4)7-2)32-28(33)22(5)23-12-9-8-10-13-23/h8-10,12-17,20-22,26-27H,6-7,11,18-19,30H2,1-5H3,(H,31,34)(H,32,33)/t20?,21-,22-,26-,27-/m0/s1. The molecule has 0 saturated heterocycles. The van der Waals surface area contributed by atoms with Gasteiger partial charge in [0.05, 0.1) is 24.6 Å². The first-order valence-electron chi connectivity index (χ1n) is 12.9. The second-order valence-electron chi connectivity index (χ2n) is 9.62. The van der Waals surface area contributed by atoms with Gasteiger partial charge in [0.1, 0.15) is 5.75 Å². The summed E-state index contributed by atoms with van der Waals surface area (Å²) in [4.78, 5) is 25.7. The lowest BCUT2D eigenvalue weighted by atomic mass is 9.98. The molecule has 0 aliphatic carbocycles. The van der Waals surface area contributed by atoms with Crippen molar-refractivity contribution in [2.45, 2.75) is 71.9 Å². The van der Waals surface area contributed by atoms with Crippen LogP contribution in [0.5, 0.6) is 5.75 Å². The van der Waals surface area contributed by atoms with Crippen LogP contribution in [0, 0.1) is 11.8 Å². The molecule has 35 heavy (non-hydrogen) atoms. The minimum Gasteiger partial charge on any atom is -0.493 e. The molecule has 0 aromatic heterocycles. The first-order chi connectivity index (χ1) is 16.8. The molecular formula is C29H43N3O3. The van der Waals surface area contributed by atoms with Gasteiger partial charge < -0.3 is 21.1 Å². The average molecular weight is 482 g/mol. The fourth-order valence-electron chi connectivity index (χ4n) is 3.89. The smallest absolute Gasteiger partial charge is 0.237 e. The first kappa shape index (κ1) is 28.4. The van der Waals surface area contributed by atoms with Gasteiger partial charge in [-0.05, 0) is 48.4 Å². The van der Waals surface area contributed by atoms with Crippen molar-refractivity contribution >= 4 is 11.8 Å². The van der Waals surface area contributed by atoms with Crippen molar-refractivity contribution in [3.8, 4) is 5.75 Å². The van der Waals surface area contributed by atoms with Crippen LogP contribution in [-0.2, 0) is 9.59 Å². The maximum atomic E-state index is 13.1. The van der Waals surface area contributed by atoms with Crippen LogP contribution in [0.4, 0.5) is 0 Å². The van der Waals surface area contributed by atoms with E-state index in [0.29, 0.717) is 12.5 Å². The summed E-state index contributed by atoms with van der Waals surface area (Å²) >= 11 is 0. The summed E-state index contributed by atoms with van der Waals surface area (Å²) in [6.07, 6.45) is 3.09. The first-order valence-corrected chi connectivity index (χ1v) is 12.9. The van der Waals surface area contributed by atoms with Gasteiger partial charge >= 0.3 is 0 Å². The number of hydrogen-bond donors (Lipinski definition) is 3. The van der Waals surface area contributed by atoms with Gasteiger partial charge in [-0.2, -0.15) is 0 Å². The van der Waals surface area contributed by atoms with Crippen molar-refractivity contribution in [1.82, 2.24) is 10.6 Å². The van der Waals surface area contributed by atoms with E-state index in [1.165, 1.54) is 0 Å². The molecule has 192 valence electrons. The Hall–Kier alpha value is -2.86. The Morgan fingerprint density at radius 3 is 2.17 bits per heavy atom. The highest BCUT2D eigenvalue weighted by molar-refractivity contribution is 5.84. The monoisotopic (exact) mass is 481 g/mol. The van der Waals surface area contributed by atoms with Gasteiger partial charge in [0, 0.05) is 6.54 Å². The molecule has 2 aromatic carbocycles. The Labute approximate surface area is 211 Å². The molecule has 0 aliphatic rings. The minimum absolute atomic E-state index is 0.0766. The fourth-order valence-corrected chi connectivity index (χ4v) is 3.89. The second-order valence-corrected chi connectivity index (χ2v) is 9.62. The number of rotatable bonds is 14. The van der Waals surface area contributed by atoms with E-state index >= 15 is 0 Å². The lowest BCUT2D eigenvalue weighted by molar-refractivity contribution is -0.125. The van der Waals surface area contributed by atoms with Crippen molar-refractivity contribution in [2.75, 3.05) is 13.2 Å². The van der Waals surface area contributed by atoms with Gasteiger partial charge in [0.15, 0.2) is 0 Å².